The number of aromatic nitrogens is 4. The van der Waals surface area contributed by atoms with Crippen molar-refractivity contribution in [1.29, 1.82) is 0 Å². The molecule has 3 aromatic rings. The van der Waals surface area contributed by atoms with E-state index in [0.717, 1.165) is 17.2 Å². The summed E-state index contributed by atoms with van der Waals surface area (Å²) in [5.41, 5.74) is 2.08. The van der Waals surface area contributed by atoms with Crippen LogP contribution in [-0.4, -0.2) is 26.8 Å². The molecular formula is C14H15N5. The number of rotatable bonds is 4. The van der Waals surface area contributed by atoms with Gasteiger partial charge in [-0.25, -0.2) is 9.67 Å². The third kappa shape index (κ3) is 2.15. The number of hydrogen-bond acceptors (Lipinski definition) is 3. The second-order valence-corrected chi connectivity index (χ2v) is 4.20. The number of hydrogen-bond donors (Lipinski definition) is 2. The maximum Gasteiger partial charge on any atom is 0.129 e. The van der Waals surface area contributed by atoms with Crippen molar-refractivity contribution in [2.75, 3.05) is 7.05 Å². The minimum absolute atomic E-state index is 0.0160. The molecule has 0 aliphatic rings. The Hall–Kier alpha value is -2.40. The minimum Gasteiger partial charge on any atom is -0.347 e. The van der Waals surface area contributed by atoms with Gasteiger partial charge >= 0.3 is 0 Å². The van der Waals surface area contributed by atoms with Gasteiger partial charge in [-0.05, 0) is 25.2 Å². The number of H-pyrrole nitrogens is 1. The maximum atomic E-state index is 4.40. The molecule has 1 atom stereocenters. The molecule has 2 aromatic heterocycles. The first-order chi connectivity index (χ1) is 9.40. The van der Waals surface area contributed by atoms with Gasteiger partial charge in [0.05, 0.1) is 11.4 Å². The van der Waals surface area contributed by atoms with Crippen molar-refractivity contribution in [2.24, 2.45) is 0 Å². The summed E-state index contributed by atoms with van der Waals surface area (Å²) in [5.74, 6) is 0.875. The van der Waals surface area contributed by atoms with Crippen molar-refractivity contribution in [2.45, 2.75) is 6.04 Å². The standard InChI is InChI=1S/C14H15N5/c1-15-13(14-16-9-10-17-14)12-7-8-18-19(12)11-5-3-2-4-6-11/h2-10,13,15H,1H3,(H,16,17). The van der Waals surface area contributed by atoms with Crippen LogP contribution in [0.25, 0.3) is 5.69 Å². The lowest BCUT2D eigenvalue weighted by atomic mass is 10.2. The van der Waals surface area contributed by atoms with Gasteiger partial charge in [0.2, 0.25) is 0 Å². The van der Waals surface area contributed by atoms with Gasteiger partial charge < -0.3 is 10.3 Å². The lowest BCUT2D eigenvalue weighted by Gasteiger charge is -2.16. The van der Waals surface area contributed by atoms with Crippen molar-refractivity contribution < 1.29 is 0 Å². The Morgan fingerprint density at radius 2 is 2.00 bits per heavy atom. The number of imidazole rings is 1. The highest BCUT2D eigenvalue weighted by Gasteiger charge is 2.19. The van der Waals surface area contributed by atoms with E-state index in [1.807, 2.05) is 54.3 Å². The van der Waals surface area contributed by atoms with Gasteiger partial charge in [0.1, 0.15) is 11.9 Å². The second kappa shape index (κ2) is 5.07. The summed E-state index contributed by atoms with van der Waals surface area (Å²) in [4.78, 5) is 7.46. The molecule has 3 rings (SSSR count). The Morgan fingerprint density at radius 1 is 1.16 bits per heavy atom. The van der Waals surface area contributed by atoms with E-state index in [9.17, 15) is 0 Å². The molecule has 1 aromatic carbocycles. The molecule has 0 saturated carbocycles. The van der Waals surface area contributed by atoms with Crippen molar-refractivity contribution >= 4 is 0 Å². The molecule has 1 unspecified atom stereocenters. The van der Waals surface area contributed by atoms with Gasteiger partial charge in [-0.3, -0.25) is 0 Å². The molecule has 0 fully saturated rings. The number of aromatic amines is 1. The molecule has 0 bridgehead atoms. The molecule has 0 aliphatic carbocycles. The molecule has 2 N–H and O–H groups in total. The molecule has 0 radical (unpaired) electrons. The average Bonchev–Trinajstić information content (AvgIpc) is 3.12. The highest BCUT2D eigenvalue weighted by molar-refractivity contribution is 5.34. The highest BCUT2D eigenvalue weighted by Crippen LogP contribution is 2.21. The van der Waals surface area contributed by atoms with Gasteiger partial charge in [-0.2, -0.15) is 5.10 Å². The molecule has 5 heteroatoms. The SMILES string of the molecule is CNC(c1ncc[nH]1)c1ccnn1-c1ccccc1. The van der Waals surface area contributed by atoms with E-state index in [1.165, 1.54) is 0 Å². The minimum atomic E-state index is -0.0160. The molecule has 5 nitrogen and oxygen atoms in total. The fourth-order valence-corrected chi connectivity index (χ4v) is 2.18. The molecule has 0 aliphatic heterocycles. The molecule has 0 saturated heterocycles. The Balaban J connectivity index is 2.04. The van der Waals surface area contributed by atoms with E-state index in [2.05, 4.69) is 20.4 Å². The van der Waals surface area contributed by atoms with Crippen LogP contribution in [0.3, 0.4) is 0 Å². The van der Waals surface area contributed by atoms with E-state index in [1.54, 1.807) is 12.4 Å². The third-order valence-corrected chi connectivity index (χ3v) is 3.05. The number of nitrogens with zero attached hydrogens (tertiary/aromatic N) is 3. The Morgan fingerprint density at radius 3 is 2.68 bits per heavy atom. The fourth-order valence-electron chi connectivity index (χ4n) is 2.18. The van der Waals surface area contributed by atoms with E-state index in [-0.39, 0.29) is 6.04 Å². The molecule has 2 heterocycles. The predicted octanol–water partition coefficient (Wildman–Crippen LogP) is 1.90. The fraction of sp³-hybridized carbons (Fsp3) is 0.143. The summed E-state index contributed by atoms with van der Waals surface area (Å²) in [5, 5.41) is 7.66. The molecule has 96 valence electrons. The Labute approximate surface area is 111 Å². The zero-order valence-corrected chi connectivity index (χ0v) is 10.6. The van der Waals surface area contributed by atoms with E-state index in [4.69, 9.17) is 0 Å². The molecule has 0 spiro atoms. The molecule has 0 amide bonds. The van der Waals surface area contributed by atoms with Crippen LogP contribution in [0.4, 0.5) is 0 Å². The van der Waals surface area contributed by atoms with Crippen LogP contribution in [0, 0.1) is 0 Å². The van der Waals surface area contributed by atoms with Gasteiger partial charge in [-0.1, -0.05) is 18.2 Å². The normalized spacial score (nSPS) is 12.5. The lowest BCUT2D eigenvalue weighted by Crippen LogP contribution is -2.22. The number of nitrogens with one attached hydrogen (secondary N) is 2. The maximum absolute atomic E-state index is 4.40. The van der Waals surface area contributed by atoms with Gasteiger partial charge in [0.15, 0.2) is 0 Å². The Kier molecular flexibility index (Phi) is 3.12. The first-order valence-corrected chi connectivity index (χ1v) is 6.16. The summed E-state index contributed by atoms with van der Waals surface area (Å²) >= 11 is 0. The third-order valence-electron chi connectivity index (χ3n) is 3.05. The number of para-hydroxylation sites is 1. The number of benzene rings is 1. The first kappa shape index (κ1) is 11.7. The van der Waals surface area contributed by atoms with E-state index in [0.29, 0.717) is 0 Å². The van der Waals surface area contributed by atoms with Crippen LogP contribution in [0.1, 0.15) is 17.6 Å². The average molecular weight is 253 g/mol. The summed E-state index contributed by atoms with van der Waals surface area (Å²) < 4.78 is 1.92. The van der Waals surface area contributed by atoms with Crippen LogP contribution in [0.2, 0.25) is 0 Å². The van der Waals surface area contributed by atoms with Crippen molar-refractivity contribution in [3.8, 4) is 5.69 Å². The second-order valence-electron chi connectivity index (χ2n) is 4.20. The first-order valence-electron chi connectivity index (χ1n) is 6.16. The predicted molar refractivity (Wildman–Crippen MR) is 73.1 cm³/mol. The van der Waals surface area contributed by atoms with Crippen LogP contribution < -0.4 is 5.32 Å². The highest BCUT2D eigenvalue weighted by atomic mass is 15.3. The van der Waals surface area contributed by atoms with Gasteiger partial charge in [0, 0.05) is 18.6 Å². The topological polar surface area (TPSA) is 58.5 Å². The molecule has 19 heavy (non-hydrogen) atoms. The lowest BCUT2D eigenvalue weighted by molar-refractivity contribution is 0.610. The van der Waals surface area contributed by atoms with E-state index < -0.39 is 0 Å². The quantitative estimate of drug-likeness (QED) is 0.746. The summed E-state index contributed by atoms with van der Waals surface area (Å²) in [6.45, 7) is 0. The van der Waals surface area contributed by atoms with Crippen LogP contribution in [-0.2, 0) is 0 Å². The zero-order chi connectivity index (χ0) is 13.1. The largest absolute Gasteiger partial charge is 0.347 e. The van der Waals surface area contributed by atoms with Crippen LogP contribution in [0.15, 0.2) is 55.0 Å². The monoisotopic (exact) mass is 253 g/mol. The molecular weight excluding hydrogens is 238 g/mol. The van der Waals surface area contributed by atoms with Crippen molar-refractivity contribution in [1.82, 2.24) is 25.1 Å². The van der Waals surface area contributed by atoms with Crippen LogP contribution in [0.5, 0.6) is 0 Å². The van der Waals surface area contributed by atoms with Gasteiger partial charge in [-0.15, -0.1) is 0 Å². The van der Waals surface area contributed by atoms with Crippen molar-refractivity contribution in [3.05, 3.63) is 66.5 Å². The van der Waals surface area contributed by atoms with Gasteiger partial charge in [0.25, 0.3) is 0 Å². The van der Waals surface area contributed by atoms with Crippen LogP contribution >= 0.6 is 0 Å². The van der Waals surface area contributed by atoms with Crippen molar-refractivity contribution in [3.63, 3.8) is 0 Å². The summed E-state index contributed by atoms with van der Waals surface area (Å²) in [6.07, 6.45) is 5.38. The van der Waals surface area contributed by atoms with E-state index >= 15 is 0 Å². The smallest absolute Gasteiger partial charge is 0.129 e. The zero-order valence-electron chi connectivity index (χ0n) is 10.6. The Bertz CT molecular complexity index is 627. The summed E-state index contributed by atoms with van der Waals surface area (Å²) in [7, 11) is 1.91. The summed E-state index contributed by atoms with van der Waals surface area (Å²) in [6, 6.07) is 12.0.